The molecule has 2 fully saturated rings. The van der Waals surface area contributed by atoms with Crippen molar-refractivity contribution in [3.8, 4) is 0 Å². The molecule has 0 radical (unpaired) electrons. The number of aromatic nitrogens is 3. The second-order valence-electron chi connectivity index (χ2n) is 6.88. The van der Waals surface area contributed by atoms with Crippen molar-refractivity contribution in [1.82, 2.24) is 25.2 Å². The Morgan fingerprint density at radius 1 is 1.30 bits per heavy atom. The maximum Gasteiger partial charge on any atom is 0.0967 e. The van der Waals surface area contributed by atoms with Crippen molar-refractivity contribution in [2.24, 2.45) is 0 Å². The van der Waals surface area contributed by atoms with Crippen LogP contribution in [-0.4, -0.2) is 45.1 Å². The molecule has 0 spiro atoms. The predicted molar refractivity (Wildman–Crippen MR) is 82.1 cm³/mol. The first kappa shape index (κ1) is 15.7. The van der Waals surface area contributed by atoms with Gasteiger partial charge in [-0.3, -0.25) is 4.90 Å². The summed E-state index contributed by atoms with van der Waals surface area (Å²) in [6, 6.07) is 1.47. The third-order valence-electron chi connectivity index (χ3n) is 4.09. The van der Waals surface area contributed by atoms with Gasteiger partial charge in [0.05, 0.1) is 17.4 Å². The van der Waals surface area contributed by atoms with Crippen LogP contribution >= 0.6 is 12.4 Å². The summed E-state index contributed by atoms with van der Waals surface area (Å²) < 4.78 is 1.97. The lowest BCUT2D eigenvalue weighted by atomic mass is 10.1. The molecule has 0 amide bonds. The smallest absolute Gasteiger partial charge is 0.0967 e. The zero-order valence-corrected chi connectivity index (χ0v) is 13.5. The van der Waals surface area contributed by atoms with Crippen LogP contribution in [0.2, 0.25) is 0 Å². The van der Waals surface area contributed by atoms with Gasteiger partial charge in [-0.1, -0.05) is 5.21 Å². The third-order valence-corrected chi connectivity index (χ3v) is 4.09. The zero-order valence-electron chi connectivity index (χ0n) is 12.7. The number of hydrogen-bond donors (Lipinski definition) is 1. The van der Waals surface area contributed by atoms with E-state index in [1.807, 2.05) is 4.68 Å². The van der Waals surface area contributed by atoms with Crippen molar-refractivity contribution in [1.29, 1.82) is 0 Å². The fraction of sp³-hybridized carbons (Fsp3) is 0.857. The molecule has 1 saturated heterocycles. The van der Waals surface area contributed by atoms with E-state index < -0.39 is 0 Å². The molecule has 1 N–H and O–H groups in total. The van der Waals surface area contributed by atoms with Gasteiger partial charge >= 0.3 is 0 Å². The first-order chi connectivity index (χ1) is 9.04. The van der Waals surface area contributed by atoms with E-state index in [9.17, 15) is 0 Å². The summed E-state index contributed by atoms with van der Waals surface area (Å²) in [4.78, 5) is 2.64. The minimum Gasteiger partial charge on any atom is -0.315 e. The van der Waals surface area contributed by atoms with Gasteiger partial charge in [0.2, 0.25) is 0 Å². The normalized spacial score (nSPS) is 23.1. The Kier molecular flexibility index (Phi) is 4.72. The molecule has 1 aromatic rings. The standard InChI is InChI=1S/C14H25N5.ClH/c1-14(2,3)19-10-11(16-17-19)9-18(12-4-5-12)13-6-7-15-8-13;/h10,12-13,15H,4-9H2,1-3H3;1H. The number of nitrogens with one attached hydrogen (secondary N) is 1. The lowest BCUT2D eigenvalue weighted by molar-refractivity contribution is 0.186. The SMILES string of the molecule is CC(C)(C)n1cc(CN(C2CC2)C2CCNC2)nn1.Cl. The summed E-state index contributed by atoms with van der Waals surface area (Å²) in [7, 11) is 0. The lowest BCUT2D eigenvalue weighted by Gasteiger charge is -2.27. The summed E-state index contributed by atoms with van der Waals surface area (Å²) in [5.74, 6) is 0. The quantitative estimate of drug-likeness (QED) is 0.920. The number of hydrogen-bond acceptors (Lipinski definition) is 4. The highest BCUT2D eigenvalue weighted by Crippen LogP contribution is 2.31. The molecule has 1 unspecified atom stereocenters. The molecule has 0 aromatic carbocycles. The van der Waals surface area contributed by atoms with Crippen LogP contribution in [0.3, 0.4) is 0 Å². The number of nitrogens with zero attached hydrogens (tertiary/aromatic N) is 4. The Balaban J connectivity index is 0.00000147. The van der Waals surface area contributed by atoms with Crippen molar-refractivity contribution in [2.45, 2.75) is 64.2 Å². The van der Waals surface area contributed by atoms with E-state index in [0.717, 1.165) is 31.4 Å². The third kappa shape index (κ3) is 3.51. The molecule has 1 aliphatic carbocycles. The Labute approximate surface area is 127 Å². The van der Waals surface area contributed by atoms with Crippen molar-refractivity contribution in [2.75, 3.05) is 13.1 Å². The molecule has 1 saturated carbocycles. The van der Waals surface area contributed by atoms with Gasteiger partial charge in [-0.2, -0.15) is 0 Å². The highest BCUT2D eigenvalue weighted by molar-refractivity contribution is 5.85. The predicted octanol–water partition coefficient (Wildman–Crippen LogP) is 1.78. The molecule has 2 aliphatic rings. The molecular weight excluding hydrogens is 274 g/mol. The summed E-state index contributed by atoms with van der Waals surface area (Å²) in [5, 5.41) is 12.1. The van der Waals surface area contributed by atoms with Crippen LogP contribution in [0.25, 0.3) is 0 Å². The molecule has 2 heterocycles. The molecule has 114 valence electrons. The lowest BCUT2D eigenvalue weighted by Crippen LogP contribution is -2.38. The van der Waals surface area contributed by atoms with Gasteiger partial charge < -0.3 is 5.32 Å². The van der Waals surface area contributed by atoms with Crippen LogP contribution in [0.15, 0.2) is 6.20 Å². The van der Waals surface area contributed by atoms with E-state index >= 15 is 0 Å². The van der Waals surface area contributed by atoms with E-state index in [0.29, 0.717) is 6.04 Å². The molecule has 1 aromatic heterocycles. The van der Waals surface area contributed by atoms with E-state index in [-0.39, 0.29) is 17.9 Å². The summed E-state index contributed by atoms with van der Waals surface area (Å²) >= 11 is 0. The average Bonchev–Trinajstić information content (AvgIpc) is 2.87. The van der Waals surface area contributed by atoms with Gasteiger partial charge in [0, 0.05) is 25.2 Å². The average molecular weight is 300 g/mol. The van der Waals surface area contributed by atoms with Crippen molar-refractivity contribution in [3.63, 3.8) is 0 Å². The molecule has 1 aliphatic heterocycles. The molecule has 5 nitrogen and oxygen atoms in total. The van der Waals surface area contributed by atoms with Crippen LogP contribution in [0.1, 0.15) is 45.7 Å². The van der Waals surface area contributed by atoms with E-state index in [2.05, 4.69) is 47.5 Å². The Bertz CT molecular complexity index is 429. The van der Waals surface area contributed by atoms with E-state index in [1.165, 1.54) is 19.3 Å². The second-order valence-corrected chi connectivity index (χ2v) is 6.88. The maximum atomic E-state index is 4.35. The highest BCUT2D eigenvalue weighted by Gasteiger charge is 2.35. The van der Waals surface area contributed by atoms with Gasteiger partial charge in [0.25, 0.3) is 0 Å². The maximum absolute atomic E-state index is 4.35. The molecule has 20 heavy (non-hydrogen) atoms. The van der Waals surface area contributed by atoms with E-state index in [1.54, 1.807) is 0 Å². The molecule has 1 atom stereocenters. The summed E-state index contributed by atoms with van der Waals surface area (Å²) in [5.41, 5.74) is 1.12. The first-order valence-electron chi connectivity index (χ1n) is 7.42. The fourth-order valence-electron chi connectivity index (χ4n) is 2.77. The van der Waals surface area contributed by atoms with Crippen molar-refractivity contribution < 1.29 is 0 Å². The minimum absolute atomic E-state index is 0. The van der Waals surface area contributed by atoms with Crippen molar-refractivity contribution in [3.05, 3.63) is 11.9 Å². The summed E-state index contributed by atoms with van der Waals surface area (Å²) in [6.07, 6.45) is 6.08. The van der Waals surface area contributed by atoms with Gasteiger partial charge in [-0.05, 0) is 46.6 Å². The van der Waals surface area contributed by atoms with Gasteiger partial charge in [-0.25, -0.2) is 4.68 Å². The Hall–Kier alpha value is -0.650. The summed E-state index contributed by atoms with van der Waals surface area (Å²) in [6.45, 7) is 9.71. The van der Waals surface area contributed by atoms with E-state index in [4.69, 9.17) is 0 Å². The first-order valence-corrected chi connectivity index (χ1v) is 7.42. The van der Waals surface area contributed by atoms with Crippen LogP contribution in [0.4, 0.5) is 0 Å². The Morgan fingerprint density at radius 2 is 2.05 bits per heavy atom. The molecular formula is C14H26ClN5. The monoisotopic (exact) mass is 299 g/mol. The molecule has 0 bridgehead atoms. The number of rotatable bonds is 4. The van der Waals surface area contributed by atoms with Gasteiger partial charge in [0.1, 0.15) is 0 Å². The zero-order chi connectivity index (χ0) is 13.5. The minimum atomic E-state index is 0. The van der Waals surface area contributed by atoms with Crippen LogP contribution < -0.4 is 5.32 Å². The van der Waals surface area contributed by atoms with Crippen LogP contribution in [-0.2, 0) is 12.1 Å². The van der Waals surface area contributed by atoms with Crippen molar-refractivity contribution >= 4 is 12.4 Å². The van der Waals surface area contributed by atoms with Gasteiger partial charge in [-0.15, -0.1) is 17.5 Å². The second kappa shape index (κ2) is 6.00. The number of halogens is 1. The molecule has 3 rings (SSSR count). The Morgan fingerprint density at radius 3 is 2.55 bits per heavy atom. The fourth-order valence-corrected chi connectivity index (χ4v) is 2.77. The van der Waals surface area contributed by atoms with Gasteiger partial charge in [0.15, 0.2) is 0 Å². The largest absolute Gasteiger partial charge is 0.315 e. The molecule has 6 heteroatoms. The highest BCUT2D eigenvalue weighted by atomic mass is 35.5. The topological polar surface area (TPSA) is 46.0 Å². The van der Waals surface area contributed by atoms with Crippen LogP contribution in [0.5, 0.6) is 0 Å². The van der Waals surface area contributed by atoms with Crippen LogP contribution in [0, 0.1) is 0 Å².